The zero-order valence-corrected chi connectivity index (χ0v) is 14.5. The molecule has 1 aliphatic rings. The summed E-state index contributed by atoms with van der Waals surface area (Å²) in [5.41, 5.74) is 0.642. The maximum atomic E-state index is 12.2. The minimum absolute atomic E-state index is 0.0219. The van der Waals surface area contributed by atoms with Gasteiger partial charge in [0.05, 0.1) is 5.56 Å². The lowest BCUT2D eigenvalue weighted by Crippen LogP contribution is -2.33. The number of hydrogen-bond donors (Lipinski definition) is 2. The SMILES string of the molecule is CCCN(CC)c1ccc(C(=O)NCCC2CCCNC2)cn1. The fourth-order valence-corrected chi connectivity index (χ4v) is 3.07. The fraction of sp³-hybridized carbons (Fsp3) is 0.667. The van der Waals surface area contributed by atoms with Crippen molar-refractivity contribution in [2.45, 2.75) is 39.5 Å². The Morgan fingerprint density at radius 1 is 1.43 bits per heavy atom. The third kappa shape index (κ3) is 5.50. The first-order valence-electron chi connectivity index (χ1n) is 8.94. The number of amides is 1. The Balaban J connectivity index is 1.80. The van der Waals surface area contributed by atoms with Crippen molar-refractivity contribution in [2.75, 3.05) is 37.6 Å². The Hall–Kier alpha value is -1.62. The summed E-state index contributed by atoms with van der Waals surface area (Å²) in [5.74, 6) is 1.61. The van der Waals surface area contributed by atoms with Crippen LogP contribution < -0.4 is 15.5 Å². The van der Waals surface area contributed by atoms with Crippen LogP contribution in [0, 0.1) is 5.92 Å². The molecule has 2 N–H and O–H groups in total. The smallest absolute Gasteiger partial charge is 0.252 e. The highest BCUT2D eigenvalue weighted by Crippen LogP contribution is 2.14. The lowest BCUT2D eigenvalue weighted by molar-refractivity contribution is 0.0950. The number of nitrogens with zero attached hydrogens (tertiary/aromatic N) is 2. The molecule has 1 saturated heterocycles. The molecule has 0 aliphatic carbocycles. The van der Waals surface area contributed by atoms with E-state index in [9.17, 15) is 4.79 Å². The van der Waals surface area contributed by atoms with Crippen LogP contribution in [0.1, 0.15) is 49.9 Å². The predicted molar refractivity (Wildman–Crippen MR) is 95.0 cm³/mol. The molecule has 1 fully saturated rings. The Morgan fingerprint density at radius 2 is 2.30 bits per heavy atom. The molecular weight excluding hydrogens is 288 g/mol. The number of nitrogens with one attached hydrogen (secondary N) is 2. The van der Waals surface area contributed by atoms with E-state index in [0.29, 0.717) is 11.5 Å². The van der Waals surface area contributed by atoms with Crippen molar-refractivity contribution in [3.8, 4) is 0 Å². The molecule has 2 rings (SSSR count). The van der Waals surface area contributed by atoms with Crippen LogP contribution in [0.5, 0.6) is 0 Å². The molecule has 1 aliphatic heterocycles. The monoisotopic (exact) mass is 318 g/mol. The molecule has 0 radical (unpaired) electrons. The molecule has 128 valence electrons. The van der Waals surface area contributed by atoms with Crippen LogP contribution in [0.4, 0.5) is 5.82 Å². The molecule has 2 heterocycles. The van der Waals surface area contributed by atoms with E-state index in [1.807, 2.05) is 12.1 Å². The van der Waals surface area contributed by atoms with Crippen LogP contribution in [0.3, 0.4) is 0 Å². The Labute approximate surface area is 139 Å². The van der Waals surface area contributed by atoms with E-state index >= 15 is 0 Å². The quantitative estimate of drug-likeness (QED) is 0.773. The summed E-state index contributed by atoms with van der Waals surface area (Å²) in [7, 11) is 0. The molecular formula is C18H30N4O. The number of carbonyl (C=O) groups is 1. The van der Waals surface area contributed by atoms with E-state index in [4.69, 9.17) is 0 Å². The van der Waals surface area contributed by atoms with Crippen molar-refractivity contribution in [3.63, 3.8) is 0 Å². The normalized spacial score (nSPS) is 17.7. The molecule has 1 amide bonds. The first kappa shape index (κ1) is 17.7. The zero-order chi connectivity index (χ0) is 16.5. The second-order valence-corrected chi connectivity index (χ2v) is 6.24. The van der Waals surface area contributed by atoms with E-state index in [0.717, 1.165) is 51.4 Å². The van der Waals surface area contributed by atoms with Gasteiger partial charge in [-0.25, -0.2) is 4.98 Å². The van der Waals surface area contributed by atoms with Gasteiger partial charge in [0, 0.05) is 25.8 Å². The molecule has 5 heteroatoms. The summed E-state index contributed by atoms with van der Waals surface area (Å²) in [6, 6.07) is 3.82. The van der Waals surface area contributed by atoms with E-state index in [1.165, 1.54) is 12.8 Å². The average Bonchev–Trinajstić information content (AvgIpc) is 2.60. The molecule has 23 heavy (non-hydrogen) atoms. The van der Waals surface area contributed by atoms with Gasteiger partial charge >= 0.3 is 0 Å². The van der Waals surface area contributed by atoms with Crippen LogP contribution in [0.25, 0.3) is 0 Å². The fourth-order valence-electron chi connectivity index (χ4n) is 3.07. The maximum Gasteiger partial charge on any atom is 0.252 e. The molecule has 5 nitrogen and oxygen atoms in total. The van der Waals surface area contributed by atoms with Crippen LogP contribution in [-0.4, -0.2) is 43.6 Å². The lowest BCUT2D eigenvalue weighted by atomic mass is 9.96. The zero-order valence-electron chi connectivity index (χ0n) is 14.5. The summed E-state index contributed by atoms with van der Waals surface area (Å²) < 4.78 is 0. The topological polar surface area (TPSA) is 57.3 Å². The van der Waals surface area contributed by atoms with E-state index < -0.39 is 0 Å². The van der Waals surface area contributed by atoms with Gasteiger partial charge in [0.1, 0.15) is 5.82 Å². The molecule has 1 aromatic heterocycles. The van der Waals surface area contributed by atoms with Gasteiger partial charge in [-0.2, -0.15) is 0 Å². The van der Waals surface area contributed by atoms with Gasteiger partial charge in [-0.15, -0.1) is 0 Å². The van der Waals surface area contributed by atoms with Gasteiger partial charge in [0.25, 0.3) is 5.91 Å². The summed E-state index contributed by atoms with van der Waals surface area (Å²) in [4.78, 5) is 18.8. The third-order valence-electron chi connectivity index (χ3n) is 4.45. The molecule has 0 saturated carbocycles. The van der Waals surface area contributed by atoms with Crippen LogP contribution in [0.2, 0.25) is 0 Å². The molecule has 0 aromatic carbocycles. The summed E-state index contributed by atoms with van der Waals surface area (Å²) >= 11 is 0. The summed E-state index contributed by atoms with van der Waals surface area (Å²) in [5, 5.41) is 6.42. The van der Waals surface area contributed by atoms with Gasteiger partial charge in [-0.05, 0) is 63.7 Å². The van der Waals surface area contributed by atoms with Gasteiger partial charge in [0.2, 0.25) is 0 Å². The highest BCUT2D eigenvalue weighted by Gasteiger charge is 2.13. The first-order chi connectivity index (χ1) is 11.2. The Bertz CT molecular complexity index is 468. The maximum absolute atomic E-state index is 12.2. The molecule has 0 spiro atoms. The van der Waals surface area contributed by atoms with E-state index in [1.54, 1.807) is 6.20 Å². The van der Waals surface area contributed by atoms with Crippen molar-refractivity contribution in [1.82, 2.24) is 15.6 Å². The molecule has 1 aromatic rings. The molecule has 1 unspecified atom stereocenters. The highest BCUT2D eigenvalue weighted by molar-refractivity contribution is 5.94. The van der Waals surface area contributed by atoms with Gasteiger partial charge < -0.3 is 15.5 Å². The van der Waals surface area contributed by atoms with Crippen molar-refractivity contribution in [3.05, 3.63) is 23.9 Å². The number of anilines is 1. The average molecular weight is 318 g/mol. The molecule has 1 atom stereocenters. The lowest BCUT2D eigenvalue weighted by Gasteiger charge is -2.22. The second kappa shape index (κ2) is 9.50. The van der Waals surface area contributed by atoms with Crippen molar-refractivity contribution < 1.29 is 4.79 Å². The van der Waals surface area contributed by atoms with Crippen molar-refractivity contribution >= 4 is 11.7 Å². The first-order valence-corrected chi connectivity index (χ1v) is 8.94. The number of carbonyl (C=O) groups excluding carboxylic acids is 1. The summed E-state index contributed by atoms with van der Waals surface area (Å²) in [6.07, 6.45) is 6.34. The molecule has 0 bridgehead atoms. The van der Waals surface area contributed by atoms with Crippen LogP contribution >= 0.6 is 0 Å². The number of rotatable bonds is 8. The Kier molecular flexibility index (Phi) is 7.33. The second-order valence-electron chi connectivity index (χ2n) is 6.24. The van der Waals surface area contributed by atoms with E-state index in [-0.39, 0.29) is 5.91 Å². The van der Waals surface area contributed by atoms with Gasteiger partial charge in [-0.3, -0.25) is 4.79 Å². The standard InChI is InChI=1S/C18H30N4O/c1-3-12-22(4-2)17-8-7-16(14-21-17)18(23)20-11-9-15-6-5-10-19-13-15/h7-8,14-15,19H,3-6,9-13H2,1-2H3,(H,20,23). The number of pyridine rings is 1. The van der Waals surface area contributed by atoms with Crippen LogP contribution in [-0.2, 0) is 0 Å². The van der Waals surface area contributed by atoms with Crippen molar-refractivity contribution in [1.29, 1.82) is 0 Å². The Morgan fingerprint density at radius 3 is 2.91 bits per heavy atom. The van der Waals surface area contributed by atoms with Gasteiger partial charge in [0.15, 0.2) is 0 Å². The van der Waals surface area contributed by atoms with Gasteiger partial charge in [-0.1, -0.05) is 6.92 Å². The minimum Gasteiger partial charge on any atom is -0.357 e. The number of piperidine rings is 1. The van der Waals surface area contributed by atoms with Crippen molar-refractivity contribution in [2.24, 2.45) is 5.92 Å². The third-order valence-corrected chi connectivity index (χ3v) is 4.45. The number of aromatic nitrogens is 1. The van der Waals surface area contributed by atoms with Crippen LogP contribution in [0.15, 0.2) is 18.3 Å². The minimum atomic E-state index is -0.0219. The summed E-state index contributed by atoms with van der Waals surface area (Å²) in [6.45, 7) is 9.16. The largest absolute Gasteiger partial charge is 0.357 e. The van der Waals surface area contributed by atoms with E-state index in [2.05, 4.69) is 34.4 Å². The number of hydrogen-bond acceptors (Lipinski definition) is 4. The highest BCUT2D eigenvalue weighted by atomic mass is 16.1. The predicted octanol–water partition coefficient (Wildman–Crippen LogP) is 2.44.